The Morgan fingerprint density at radius 1 is 0.500 bits per heavy atom. The number of amides is 2. The van der Waals surface area contributed by atoms with Gasteiger partial charge in [-0.2, -0.15) is 0 Å². The van der Waals surface area contributed by atoms with Crippen molar-refractivity contribution in [2.24, 2.45) is 0 Å². The Balaban J connectivity index is 2.31. The first-order valence-corrected chi connectivity index (χ1v) is 18.9. The lowest BCUT2D eigenvalue weighted by molar-refractivity contribution is -0.164. The third-order valence-corrected chi connectivity index (χ3v) is 8.54. The van der Waals surface area contributed by atoms with Gasteiger partial charge in [0.15, 0.2) is 0 Å². The van der Waals surface area contributed by atoms with Crippen molar-refractivity contribution in [3.05, 3.63) is 59.7 Å². The molecule has 0 spiro atoms. The molecule has 0 aliphatic carbocycles. The summed E-state index contributed by atoms with van der Waals surface area (Å²) in [5, 5.41) is 5.27. The summed E-state index contributed by atoms with van der Waals surface area (Å²) >= 11 is 0. The van der Waals surface area contributed by atoms with Crippen LogP contribution in [0, 0.1) is 0 Å². The molecule has 286 valence electrons. The standard InChI is InChI=1S/C38H52N2O10S2/c1-35(2,3)47-29(41)21-25(33(45)49-37(7,8)9)39-31(43)23-17-13-15-19-27(23)51-52-28-20-16-14-18-24(28)32(44)40-26(34(46)50-38(10,11)12)22-30(42)48-36(4,5)6/h13-20,25-26H,21-22H2,1-12H3,(H,39,43)(H,40,44)/t25-,26+. The Hall–Kier alpha value is -4.04. The van der Waals surface area contributed by atoms with Gasteiger partial charge in [0.05, 0.1) is 24.0 Å². The van der Waals surface area contributed by atoms with E-state index in [4.69, 9.17) is 18.9 Å². The van der Waals surface area contributed by atoms with Crippen LogP contribution in [0.25, 0.3) is 0 Å². The van der Waals surface area contributed by atoms with Crippen molar-refractivity contribution >= 4 is 57.3 Å². The monoisotopic (exact) mass is 760 g/mol. The van der Waals surface area contributed by atoms with Crippen LogP contribution in [-0.2, 0) is 38.1 Å². The Morgan fingerprint density at radius 2 is 0.788 bits per heavy atom. The second-order valence-electron chi connectivity index (χ2n) is 15.9. The Bertz CT molecular complexity index is 1500. The molecule has 14 heteroatoms. The second kappa shape index (κ2) is 18.1. The van der Waals surface area contributed by atoms with Crippen LogP contribution in [0.5, 0.6) is 0 Å². The predicted octanol–water partition coefficient (Wildman–Crippen LogP) is 6.83. The lowest BCUT2D eigenvalue weighted by Gasteiger charge is -2.26. The van der Waals surface area contributed by atoms with Crippen molar-refractivity contribution in [1.29, 1.82) is 0 Å². The summed E-state index contributed by atoms with van der Waals surface area (Å²) in [5.41, 5.74) is -2.94. The van der Waals surface area contributed by atoms with Crippen LogP contribution < -0.4 is 10.6 Å². The molecular weight excluding hydrogens is 709 g/mol. The summed E-state index contributed by atoms with van der Waals surface area (Å²) in [6.07, 6.45) is -0.884. The van der Waals surface area contributed by atoms with Gasteiger partial charge in [0.25, 0.3) is 11.8 Å². The van der Waals surface area contributed by atoms with E-state index in [1.807, 2.05) is 0 Å². The largest absolute Gasteiger partial charge is 0.460 e. The number of hydrogen-bond acceptors (Lipinski definition) is 12. The zero-order valence-electron chi connectivity index (χ0n) is 32.1. The average molecular weight is 761 g/mol. The molecule has 2 atom stereocenters. The van der Waals surface area contributed by atoms with Crippen molar-refractivity contribution in [2.45, 2.75) is 140 Å². The highest BCUT2D eigenvalue weighted by molar-refractivity contribution is 8.76. The molecule has 52 heavy (non-hydrogen) atoms. The van der Waals surface area contributed by atoms with Gasteiger partial charge in [0.2, 0.25) is 0 Å². The van der Waals surface area contributed by atoms with E-state index < -0.39 is 83.0 Å². The number of carbonyl (C=O) groups excluding carboxylic acids is 6. The second-order valence-corrected chi connectivity index (χ2v) is 18.1. The molecule has 2 rings (SSSR count). The first-order valence-electron chi connectivity index (χ1n) is 16.8. The highest BCUT2D eigenvalue weighted by Gasteiger charge is 2.33. The van der Waals surface area contributed by atoms with Crippen LogP contribution in [0.3, 0.4) is 0 Å². The van der Waals surface area contributed by atoms with Crippen molar-refractivity contribution in [2.75, 3.05) is 0 Å². The molecule has 0 radical (unpaired) electrons. The Kier molecular flexibility index (Phi) is 15.4. The summed E-state index contributed by atoms with van der Waals surface area (Å²) in [4.78, 5) is 79.7. The topological polar surface area (TPSA) is 163 Å². The highest BCUT2D eigenvalue weighted by Crippen LogP contribution is 2.40. The van der Waals surface area contributed by atoms with E-state index in [0.29, 0.717) is 9.79 Å². The fourth-order valence-corrected chi connectivity index (χ4v) is 6.61. The molecule has 2 aromatic rings. The van der Waals surface area contributed by atoms with Gasteiger partial charge in [-0.3, -0.25) is 19.2 Å². The van der Waals surface area contributed by atoms with Crippen molar-refractivity contribution in [3.63, 3.8) is 0 Å². The lowest BCUT2D eigenvalue weighted by atomic mass is 10.1. The summed E-state index contributed by atoms with van der Waals surface area (Å²) in [6, 6.07) is 10.7. The third-order valence-electron chi connectivity index (χ3n) is 6.06. The van der Waals surface area contributed by atoms with Gasteiger partial charge in [0, 0.05) is 9.79 Å². The molecule has 0 fully saturated rings. The molecule has 2 aromatic carbocycles. The van der Waals surface area contributed by atoms with Crippen LogP contribution in [0.1, 0.15) is 117 Å². The van der Waals surface area contributed by atoms with Gasteiger partial charge in [-0.15, -0.1) is 0 Å². The number of hydrogen-bond donors (Lipinski definition) is 2. The maximum absolute atomic E-state index is 13.6. The fraction of sp³-hybridized carbons (Fsp3) is 0.526. The molecule has 0 heterocycles. The van der Waals surface area contributed by atoms with Gasteiger partial charge in [-0.05, 0) is 107 Å². The minimum absolute atomic E-state index is 0.210. The third kappa shape index (κ3) is 16.5. The zero-order chi connectivity index (χ0) is 39.7. The molecule has 0 bridgehead atoms. The molecule has 0 aliphatic rings. The van der Waals surface area contributed by atoms with E-state index >= 15 is 0 Å². The van der Waals surface area contributed by atoms with Crippen LogP contribution in [0.4, 0.5) is 0 Å². The van der Waals surface area contributed by atoms with Crippen molar-refractivity contribution in [3.8, 4) is 0 Å². The van der Waals surface area contributed by atoms with Gasteiger partial charge in [-0.1, -0.05) is 45.9 Å². The zero-order valence-corrected chi connectivity index (χ0v) is 33.7. The number of nitrogens with one attached hydrogen (secondary N) is 2. The minimum atomic E-state index is -1.32. The van der Waals surface area contributed by atoms with Crippen molar-refractivity contribution < 1.29 is 47.7 Å². The molecule has 2 amide bonds. The first kappa shape index (κ1) is 44.1. The summed E-state index contributed by atoms with van der Waals surface area (Å²) < 4.78 is 21.7. The van der Waals surface area contributed by atoms with Crippen LogP contribution in [-0.4, -0.2) is 70.2 Å². The van der Waals surface area contributed by atoms with Gasteiger partial charge >= 0.3 is 23.9 Å². The maximum Gasteiger partial charge on any atom is 0.329 e. The molecule has 2 N–H and O–H groups in total. The summed E-state index contributed by atoms with van der Waals surface area (Å²) in [7, 11) is 2.36. The van der Waals surface area contributed by atoms with E-state index in [2.05, 4.69) is 10.6 Å². The molecule has 0 saturated carbocycles. The summed E-state index contributed by atoms with van der Waals surface area (Å²) in [5.74, 6) is -4.20. The molecule has 0 unspecified atom stereocenters. The lowest BCUT2D eigenvalue weighted by Crippen LogP contribution is -2.46. The van der Waals surface area contributed by atoms with Crippen LogP contribution in [0.15, 0.2) is 58.3 Å². The number of carbonyl (C=O) groups is 6. The number of esters is 4. The van der Waals surface area contributed by atoms with Gasteiger partial charge < -0.3 is 29.6 Å². The molecule has 0 aromatic heterocycles. The predicted molar refractivity (Wildman–Crippen MR) is 200 cm³/mol. The normalized spacial score (nSPS) is 13.2. The number of ether oxygens (including phenoxy) is 4. The minimum Gasteiger partial charge on any atom is -0.460 e. The van der Waals surface area contributed by atoms with Gasteiger partial charge in [0.1, 0.15) is 34.5 Å². The van der Waals surface area contributed by atoms with E-state index in [0.717, 1.165) is 0 Å². The Morgan fingerprint density at radius 3 is 1.08 bits per heavy atom. The van der Waals surface area contributed by atoms with Crippen molar-refractivity contribution in [1.82, 2.24) is 10.6 Å². The van der Waals surface area contributed by atoms with Crippen LogP contribution >= 0.6 is 21.6 Å². The van der Waals surface area contributed by atoms with Crippen LogP contribution in [0.2, 0.25) is 0 Å². The molecule has 12 nitrogen and oxygen atoms in total. The van der Waals surface area contributed by atoms with E-state index in [1.165, 1.54) is 21.6 Å². The SMILES string of the molecule is CC(C)(C)OC(=O)C[C@H](NC(=O)c1ccccc1SSc1ccccc1C(=O)N[C@H](CC(=O)OC(C)(C)C)C(=O)OC(C)(C)C)C(=O)OC(C)(C)C. The number of rotatable bonds is 13. The van der Waals surface area contributed by atoms with Gasteiger partial charge in [-0.25, -0.2) is 9.59 Å². The molecule has 0 aliphatic heterocycles. The summed E-state index contributed by atoms with van der Waals surface area (Å²) in [6.45, 7) is 20.2. The number of benzene rings is 2. The fourth-order valence-electron chi connectivity index (χ4n) is 4.25. The average Bonchev–Trinajstić information content (AvgIpc) is 2.96. The quantitative estimate of drug-likeness (QED) is 0.125. The van der Waals surface area contributed by atoms with E-state index in [1.54, 1.807) is 132 Å². The van der Waals surface area contributed by atoms with E-state index in [9.17, 15) is 28.8 Å². The maximum atomic E-state index is 13.6. The highest BCUT2D eigenvalue weighted by atomic mass is 33.1. The van der Waals surface area contributed by atoms with E-state index in [-0.39, 0.29) is 11.1 Å². The Labute approximate surface area is 314 Å². The first-order chi connectivity index (χ1) is 23.7. The molecular formula is C38H52N2O10S2. The smallest absolute Gasteiger partial charge is 0.329 e. The molecule has 0 saturated heterocycles.